The van der Waals surface area contributed by atoms with E-state index in [1.807, 2.05) is 4.90 Å². The molecule has 0 fully saturated rings. The molecule has 0 saturated carbocycles. The van der Waals surface area contributed by atoms with Crippen molar-refractivity contribution >= 4 is 5.91 Å². The van der Waals surface area contributed by atoms with Crippen molar-refractivity contribution in [1.29, 1.82) is 0 Å². The predicted octanol–water partition coefficient (Wildman–Crippen LogP) is 2.59. The summed E-state index contributed by atoms with van der Waals surface area (Å²) in [6.45, 7) is 10.1. The van der Waals surface area contributed by atoms with Crippen LogP contribution in [-0.4, -0.2) is 29.4 Å². The summed E-state index contributed by atoms with van der Waals surface area (Å²) in [5.41, 5.74) is 2.62. The van der Waals surface area contributed by atoms with Crippen LogP contribution in [0.2, 0.25) is 0 Å². The minimum Gasteiger partial charge on any atom is -0.339 e. The molecule has 20 heavy (non-hydrogen) atoms. The molecular formula is C17H26N2O. The first-order chi connectivity index (χ1) is 9.49. The molecule has 110 valence electrons. The number of nitrogens with one attached hydrogen (secondary N) is 1. The Bertz CT molecular complexity index is 468. The highest BCUT2D eigenvalue weighted by molar-refractivity contribution is 5.83. The lowest BCUT2D eigenvalue weighted by Crippen LogP contribution is -2.52. The lowest BCUT2D eigenvalue weighted by Gasteiger charge is -2.34. The Morgan fingerprint density at radius 1 is 1.25 bits per heavy atom. The highest BCUT2D eigenvalue weighted by Crippen LogP contribution is 2.18. The number of rotatable bonds is 4. The van der Waals surface area contributed by atoms with Crippen molar-refractivity contribution in [3.05, 3.63) is 35.4 Å². The van der Waals surface area contributed by atoms with E-state index in [0.29, 0.717) is 5.92 Å². The molecule has 0 bridgehead atoms. The van der Waals surface area contributed by atoms with Gasteiger partial charge in [0.05, 0.1) is 6.04 Å². The van der Waals surface area contributed by atoms with E-state index in [-0.39, 0.29) is 18.0 Å². The third-order valence-corrected chi connectivity index (χ3v) is 3.85. The summed E-state index contributed by atoms with van der Waals surface area (Å²) >= 11 is 0. The fourth-order valence-electron chi connectivity index (χ4n) is 2.78. The second-order valence-electron chi connectivity index (χ2n) is 6.38. The van der Waals surface area contributed by atoms with Gasteiger partial charge in [-0.05, 0) is 37.3 Å². The van der Waals surface area contributed by atoms with Gasteiger partial charge in [-0.15, -0.1) is 0 Å². The molecule has 1 aliphatic rings. The van der Waals surface area contributed by atoms with Crippen molar-refractivity contribution in [2.75, 3.05) is 6.54 Å². The summed E-state index contributed by atoms with van der Waals surface area (Å²) in [5.74, 6) is 0.737. The molecule has 0 spiro atoms. The zero-order chi connectivity index (χ0) is 14.7. The van der Waals surface area contributed by atoms with E-state index in [0.717, 1.165) is 19.5 Å². The van der Waals surface area contributed by atoms with Crippen LogP contribution in [-0.2, 0) is 17.8 Å². The Morgan fingerprint density at radius 3 is 2.50 bits per heavy atom. The molecule has 1 N–H and O–H groups in total. The zero-order valence-corrected chi connectivity index (χ0v) is 13.0. The van der Waals surface area contributed by atoms with Gasteiger partial charge in [-0.2, -0.15) is 0 Å². The molecule has 1 heterocycles. The minimum atomic E-state index is -0.0777. The quantitative estimate of drug-likeness (QED) is 0.915. The molecule has 1 unspecified atom stereocenters. The number of hydrogen-bond acceptors (Lipinski definition) is 2. The standard InChI is InChI=1S/C17H26N2O/c1-12(2)11-19(13(3)4)17(20)16-9-14-7-5-6-8-15(14)10-18-16/h5-8,12-13,16,18H,9-11H2,1-4H3. The van der Waals surface area contributed by atoms with Crippen LogP contribution in [0.4, 0.5) is 0 Å². The Kier molecular flexibility index (Phi) is 4.81. The molecule has 1 amide bonds. The van der Waals surface area contributed by atoms with Gasteiger partial charge in [0.2, 0.25) is 5.91 Å². The van der Waals surface area contributed by atoms with Crippen LogP contribution < -0.4 is 5.32 Å². The van der Waals surface area contributed by atoms with E-state index in [1.54, 1.807) is 0 Å². The van der Waals surface area contributed by atoms with Gasteiger partial charge < -0.3 is 10.2 Å². The van der Waals surface area contributed by atoms with Gasteiger partial charge in [0.25, 0.3) is 0 Å². The fraction of sp³-hybridized carbons (Fsp3) is 0.588. The van der Waals surface area contributed by atoms with E-state index in [1.165, 1.54) is 11.1 Å². The number of carbonyl (C=O) groups is 1. The fourth-order valence-corrected chi connectivity index (χ4v) is 2.78. The normalized spacial score (nSPS) is 18.2. The van der Waals surface area contributed by atoms with Crippen molar-refractivity contribution in [2.45, 2.75) is 52.7 Å². The molecule has 0 radical (unpaired) electrons. The van der Waals surface area contributed by atoms with Crippen molar-refractivity contribution in [3.63, 3.8) is 0 Å². The first-order valence-electron chi connectivity index (χ1n) is 7.59. The number of carbonyl (C=O) groups excluding carboxylic acids is 1. The molecule has 1 aromatic rings. The monoisotopic (exact) mass is 274 g/mol. The largest absolute Gasteiger partial charge is 0.339 e. The number of benzene rings is 1. The minimum absolute atomic E-state index is 0.0777. The maximum absolute atomic E-state index is 12.7. The van der Waals surface area contributed by atoms with E-state index < -0.39 is 0 Å². The summed E-state index contributed by atoms with van der Waals surface area (Å²) in [6.07, 6.45) is 0.802. The maximum Gasteiger partial charge on any atom is 0.240 e. The van der Waals surface area contributed by atoms with Gasteiger partial charge in [-0.3, -0.25) is 4.79 Å². The van der Waals surface area contributed by atoms with Gasteiger partial charge in [0.1, 0.15) is 0 Å². The molecule has 1 aliphatic heterocycles. The molecule has 1 aromatic carbocycles. The molecule has 3 heteroatoms. The van der Waals surface area contributed by atoms with Gasteiger partial charge in [0.15, 0.2) is 0 Å². The third-order valence-electron chi connectivity index (χ3n) is 3.85. The van der Waals surface area contributed by atoms with Crippen molar-refractivity contribution in [2.24, 2.45) is 5.92 Å². The first kappa shape index (κ1) is 15.0. The third kappa shape index (κ3) is 3.40. The topological polar surface area (TPSA) is 32.3 Å². The van der Waals surface area contributed by atoms with Crippen molar-refractivity contribution in [3.8, 4) is 0 Å². The summed E-state index contributed by atoms with van der Waals surface area (Å²) in [5, 5.41) is 3.39. The molecular weight excluding hydrogens is 248 g/mol. The van der Waals surface area contributed by atoms with Crippen LogP contribution in [0.25, 0.3) is 0 Å². The molecule has 3 nitrogen and oxygen atoms in total. The van der Waals surface area contributed by atoms with Gasteiger partial charge in [0, 0.05) is 19.1 Å². The van der Waals surface area contributed by atoms with Gasteiger partial charge >= 0.3 is 0 Å². The summed E-state index contributed by atoms with van der Waals surface area (Å²) in [4.78, 5) is 14.8. The Morgan fingerprint density at radius 2 is 1.90 bits per heavy atom. The van der Waals surface area contributed by atoms with Gasteiger partial charge in [-0.1, -0.05) is 38.1 Å². The summed E-state index contributed by atoms with van der Waals surface area (Å²) in [7, 11) is 0. The molecule has 0 saturated heterocycles. The predicted molar refractivity (Wildman–Crippen MR) is 82.5 cm³/mol. The maximum atomic E-state index is 12.7. The lowest BCUT2D eigenvalue weighted by molar-refractivity contribution is -0.136. The Balaban J connectivity index is 2.10. The Labute approximate surface area is 122 Å². The number of amides is 1. The average Bonchev–Trinajstić information content (AvgIpc) is 2.43. The van der Waals surface area contributed by atoms with Crippen LogP contribution in [0.3, 0.4) is 0 Å². The Hall–Kier alpha value is -1.35. The van der Waals surface area contributed by atoms with Crippen molar-refractivity contribution < 1.29 is 4.79 Å². The van der Waals surface area contributed by atoms with Gasteiger partial charge in [-0.25, -0.2) is 0 Å². The van der Waals surface area contributed by atoms with Crippen molar-refractivity contribution in [1.82, 2.24) is 10.2 Å². The number of hydrogen-bond donors (Lipinski definition) is 1. The van der Waals surface area contributed by atoms with Crippen LogP contribution in [0.5, 0.6) is 0 Å². The first-order valence-corrected chi connectivity index (χ1v) is 7.59. The van der Waals surface area contributed by atoms with Crippen LogP contribution in [0.1, 0.15) is 38.8 Å². The molecule has 0 aliphatic carbocycles. The van der Waals surface area contributed by atoms with Crippen LogP contribution in [0, 0.1) is 5.92 Å². The van der Waals surface area contributed by atoms with E-state index in [4.69, 9.17) is 0 Å². The van der Waals surface area contributed by atoms with E-state index in [9.17, 15) is 4.79 Å². The number of nitrogens with zero attached hydrogens (tertiary/aromatic N) is 1. The SMILES string of the molecule is CC(C)CN(C(=O)C1Cc2ccccc2CN1)C(C)C. The summed E-state index contributed by atoms with van der Waals surface area (Å²) in [6, 6.07) is 8.56. The number of fused-ring (bicyclic) bond motifs is 1. The highest BCUT2D eigenvalue weighted by Gasteiger charge is 2.29. The second-order valence-corrected chi connectivity index (χ2v) is 6.38. The van der Waals surface area contributed by atoms with Crippen LogP contribution >= 0.6 is 0 Å². The average molecular weight is 274 g/mol. The molecule has 2 rings (SSSR count). The van der Waals surface area contributed by atoms with E-state index >= 15 is 0 Å². The summed E-state index contributed by atoms with van der Waals surface area (Å²) < 4.78 is 0. The molecule has 1 atom stereocenters. The zero-order valence-electron chi connectivity index (χ0n) is 13.0. The second kappa shape index (κ2) is 6.40. The van der Waals surface area contributed by atoms with E-state index in [2.05, 4.69) is 57.3 Å². The smallest absolute Gasteiger partial charge is 0.240 e. The highest BCUT2D eigenvalue weighted by atomic mass is 16.2. The van der Waals surface area contributed by atoms with Crippen LogP contribution in [0.15, 0.2) is 24.3 Å². The molecule has 0 aromatic heterocycles. The lowest BCUT2D eigenvalue weighted by atomic mass is 9.95.